The molecule has 0 bridgehead atoms. The van der Waals surface area contributed by atoms with Gasteiger partial charge in [-0.05, 0) is 12.8 Å². The summed E-state index contributed by atoms with van der Waals surface area (Å²) in [5.74, 6) is -0.937. The summed E-state index contributed by atoms with van der Waals surface area (Å²) in [4.78, 5) is 24.6. The zero-order valence-corrected chi connectivity index (χ0v) is 9.00. The van der Waals surface area contributed by atoms with E-state index in [4.69, 9.17) is 5.73 Å². The summed E-state index contributed by atoms with van der Waals surface area (Å²) in [7, 11) is 0. The van der Waals surface area contributed by atoms with Gasteiger partial charge in [0.05, 0.1) is 0 Å². The van der Waals surface area contributed by atoms with Crippen molar-refractivity contribution in [2.24, 2.45) is 5.73 Å². The van der Waals surface area contributed by atoms with Gasteiger partial charge in [0.1, 0.15) is 0 Å². The lowest BCUT2D eigenvalue weighted by Crippen LogP contribution is -2.44. The highest BCUT2D eigenvalue weighted by Crippen LogP contribution is 2.09. The van der Waals surface area contributed by atoms with Crippen molar-refractivity contribution in [2.45, 2.75) is 25.7 Å². The Balaban J connectivity index is 2.39. The van der Waals surface area contributed by atoms with Gasteiger partial charge >= 0.3 is 11.8 Å². The first-order valence-corrected chi connectivity index (χ1v) is 5.53. The minimum absolute atomic E-state index is 0.360. The minimum Gasteiger partial charge on any atom is -0.347 e. The van der Waals surface area contributed by atoms with E-state index in [9.17, 15) is 9.59 Å². The lowest BCUT2D eigenvalue weighted by molar-refractivity contribution is -0.145. The number of carbonyl (C=O) groups excluding carboxylic acids is 2. The van der Waals surface area contributed by atoms with Gasteiger partial charge in [-0.2, -0.15) is 0 Å². The van der Waals surface area contributed by atoms with Gasteiger partial charge in [0, 0.05) is 26.2 Å². The number of hydrogen-bond donors (Lipinski definition) is 2. The second-order valence-corrected chi connectivity index (χ2v) is 3.75. The second kappa shape index (κ2) is 6.40. The number of amides is 2. The molecule has 0 atom stereocenters. The Hall–Kier alpha value is -1.10. The highest BCUT2D eigenvalue weighted by Gasteiger charge is 2.21. The normalized spacial score (nSPS) is 17.0. The van der Waals surface area contributed by atoms with E-state index >= 15 is 0 Å². The summed E-state index contributed by atoms with van der Waals surface area (Å²) in [6.07, 6.45) is 4.29. The molecule has 0 spiro atoms. The number of nitrogens with one attached hydrogen (secondary N) is 1. The Morgan fingerprint density at radius 3 is 2.27 bits per heavy atom. The Morgan fingerprint density at radius 1 is 1.13 bits per heavy atom. The van der Waals surface area contributed by atoms with Crippen molar-refractivity contribution in [3.8, 4) is 0 Å². The zero-order chi connectivity index (χ0) is 11.1. The van der Waals surface area contributed by atoms with E-state index in [1.807, 2.05) is 0 Å². The monoisotopic (exact) mass is 213 g/mol. The van der Waals surface area contributed by atoms with Crippen LogP contribution in [0.5, 0.6) is 0 Å². The number of nitrogens with two attached hydrogens (primary N) is 1. The Bertz CT molecular complexity index is 223. The van der Waals surface area contributed by atoms with Crippen molar-refractivity contribution in [2.75, 3.05) is 26.2 Å². The first kappa shape index (κ1) is 12.0. The molecule has 1 saturated heterocycles. The molecular weight excluding hydrogens is 194 g/mol. The van der Waals surface area contributed by atoms with Crippen LogP contribution in [-0.2, 0) is 9.59 Å². The van der Waals surface area contributed by atoms with Crippen LogP contribution in [0.3, 0.4) is 0 Å². The van der Waals surface area contributed by atoms with E-state index in [1.54, 1.807) is 4.90 Å². The summed E-state index contributed by atoms with van der Waals surface area (Å²) in [5, 5.41) is 2.49. The van der Waals surface area contributed by atoms with Gasteiger partial charge in [0.2, 0.25) is 0 Å². The molecule has 0 saturated carbocycles. The Labute approximate surface area is 90.0 Å². The Morgan fingerprint density at radius 2 is 1.73 bits per heavy atom. The molecule has 0 aromatic heterocycles. The zero-order valence-electron chi connectivity index (χ0n) is 9.00. The molecule has 0 aliphatic carbocycles. The SMILES string of the molecule is NCCNC(=O)C(=O)N1CCCCCC1. The van der Waals surface area contributed by atoms with Crippen LogP contribution in [0, 0.1) is 0 Å². The van der Waals surface area contributed by atoms with Crippen LogP contribution in [-0.4, -0.2) is 42.9 Å². The fourth-order valence-electron chi connectivity index (χ4n) is 1.68. The molecule has 0 aromatic rings. The molecule has 15 heavy (non-hydrogen) atoms. The smallest absolute Gasteiger partial charge is 0.311 e. The standard InChI is InChI=1S/C10H19N3O2/c11-5-6-12-9(14)10(15)13-7-3-1-2-4-8-13/h1-8,11H2,(H,12,14). The summed E-state index contributed by atoms with van der Waals surface area (Å²) in [6, 6.07) is 0. The first-order valence-electron chi connectivity index (χ1n) is 5.53. The van der Waals surface area contributed by atoms with Crippen molar-refractivity contribution in [1.29, 1.82) is 0 Å². The van der Waals surface area contributed by atoms with Gasteiger partial charge in [-0.15, -0.1) is 0 Å². The van der Waals surface area contributed by atoms with Crippen LogP contribution in [0.2, 0.25) is 0 Å². The van der Waals surface area contributed by atoms with Gasteiger partial charge in [-0.1, -0.05) is 12.8 Å². The number of rotatable bonds is 2. The van der Waals surface area contributed by atoms with E-state index in [1.165, 1.54) is 0 Å². The fraction of sp³-hybridized carbons (Fsp3) is 0.800. The maximum absolute atomic E-state index is 11.6. The van der Waals surface area contributed by atoms with E-state index in [-0.39, 0.29) is 0 Å². The van der Waals surface area contributed by atoms with Gasteiger partial charge < -0.3 is 16.0 Å². The third-order valence-corrected chi connectivity index (χ3v) is 2.52. The first-order chi connectivity index (χ1) is 7.25. The predicted molar refractivity (Wildman–Crippen MR) is 57.1 cm³/mol. The van der Waals surface area contributed by atoms with E-state index in [2.05, 4.69) is 5.32 Å². The molecular formula is C10H19N3O2. The highest BCUT2D eigenvalue weighted by atomic mass is 16.2. The van der Waals surface area contributed by atoms with Crippen LogP contribution in [0.25, 0.3) is 0 Å². The van der Waals surface area contributed by atoms with Crippen LogP contribution in [0.4, 0.5) is 0 Å². The molecule has 0 radical (unpaired) electrons. The fourth-order valence-corrected chi connectivity index (χ4v) is 1.68. The second-order valence-electron chi connectivity index (χ2n) is 3.75. The summed E-state index contributed by atoms with van der Waals surface area (Å²) < 4.78 is 0. The molecule has 5 heteroatoms. The lowest BCUT2D eigenvalue weighted by Gasteiger charge is -2.19. The summed E-state index contributed by atoms with van der Waals surface area (Å²) in [6.45, 7) is 2.13. The summed E-state index contributed by atoms with van der Waals surface area (Å²) >= 11 is 0. The van der Waals surface area contributed by atoms with Crippen LogP contribution >= 0.6 is 0 Å². The van der Waals surface area contributed by atoms with Gasteiger partial charge in [-0.25, -0.2) is 0 Å². The minimum atomic E-state index is -0.526. The van der Waals surface area contributed by atoms with Crippen molar-refractivity contribution >= 4 is 11.8 Å². The summed E-state index contributed by atoms with van der Waals surface area (Å²) in [5.41, 5.74) is 5.24. The van der Waals surface area contributed by atoms with Crippen molar-refractivity contribution in [1.82, 2.24) is 10.2 Å². The van der Waals surface area contributed by atoms with Gasteiger partial charge in [-0.3, -0.25) is 9.59 Å². The average Bonchev–Trinajstić information content (AvgIpc) is 2.53. The molecule has 5 nitrogen and oxygen atoms in total. The molecule has 0 aromatic carbocycles. The maximum atomic E-state index is 11.6. The molecule has 1 fully saturated rings. The molecule has 0 unspecified atom stereocenters. The average molecular weight is 213 g/mol. The maximum Gasteiger partial charge on any atom is 0.311 e. The van der Waals surface area contributed by atoms with E-state index in [0.717, 1.165) is 25.7 Å². The van der Waals surface area contributed by atoms with Crippen molar-refractivity contribution in [3.63, 3.8) is 0 Å². The van der Waals surface area contributed by atoms with Crippen LogP contribution in [0.15, 0.2) is 0 Å². The van der Waals surface area contributed by atoms with Crippen LogP contribution in [0.1, 0.15) is 25.7 Å². The number of likely N-dealkylation sites (tertiary alicyclic amines) is 1. The molecule has 1 aliphatic rings. The van der Waals surface area contributed by atoms with Gasteiger partial charge in [0.15, 0.2) is 0 Å². The molecule has 3 N–H and O–H groups in total. The topological polar surface area (TPSA) is 75.4 Å². The molecule has 86 valence electrons. The predicted octanol–water partition coefficient (Wildman–Crippen LogP) is -0.536. The third-order valence-electron chi connectivity index (χ3n) is 2.52. The molecule has 1 heterocycles. The van der Waals surface area contributed by atoms with Crippen LogP contribution < -0.4 is 11.1 Å². The number of hydrogen-bond acceptors (Lipinski definition) is 3. The highest BCUT2D eigenvalue weighted by molar-refractivity contribution is 6.35. The molecule has 1 rings (SSSR count). The number of carbonyl (C=O) groups is 2. The molecule has 2 amide bonds. The van der Waals surface area contributed by atoms with Crippen molar-refractivity contribution in [3.05, 3.63) is 0 Å². The largest absolute Gasteiger partial charge is 0.347 e. The quantitative estimate of drug-likeness (QED) is 0.605. The van der Waals surface area contributed by atoms with E-state index in [0.29, 0.717) is 26.2 Å². The van der Waals surface area contributed by atoms with Crippen molar-refractivity contribution < 1.29 is 9.59 Å². The Kier molecular flexibility index (Phi) is 5.10. The van der Waals surface area contributed by atoms with E-state index < -0.39 is 11.8 Å². The lowest BCUT2D eigenvalue weighted by atomic mass is 10.2. The third kappa shape index (κ3) is 3.87. The molecule has 1 aliphatic heterocycles. The van der Waals surface area contributed by atoms with Gasteiger partial charge in [0.25, 0.3) is 0 Å². The number of nitrogens with zero attached hydrogens (tertiary/aromatic N) is 1.